The SMILES string of the molecule is NC1(CC(=O)N[C@H](CO)c2ccccc2)CCC1. The quantitative estimate of drug-likeness (QED) is 0.730. The Bertz CT molecular complexity index is 402. The molecule has 1 fully saturated rings. The van der Waals surface area contributed by atoms with Gasteiger partial charge in [-0.15, -0.1) is 0 Å². The number of nitrogens with two attached hydrogens (primary N) is 1. The number of amides is 1. The molecule has 4 heteroatoms. The second kappa shape index (κ2) is 5.50. The highest BCUT2D eigenvalue weighted by molar-refractivity contribution is 5.77. The average Bonchev–Trinajstić information content (AvgIpc) is 2.35. The molecule has 1 amide bonds. The van der Waals surface area contributed by atoms with Gasteiger partial charge in [-0.1, -0.05) is 30.3 Å². The molecule has 0 radical (unpaired) electrons. The lowest BCUT2D eigenvalue weighted by Gasteiger charge is -2.37. The standard InChI is InChI=1S/C14H20N2O2/c15-14(7-4-8-14)9-13(18)16-12(10-17)11-5-2-1-3-6-11/h1-3,5-6,12,17H,4,7-10,15H2,(H,16,18)/t12-/m1/s1. The molecule has 4 N–H and O–H groups in total. The maximum absolute atomic E-state index is 11.9. The first-order valence-electron chi connectivity index (χ1n) is 6.37. The zero-order valence-corrected chi connectivity index (χ0v) is 10.4. The summed E-state index contributed by atoms with van der Waals surface area (Å²) in [6, 6.07) is 9.12. The van der Waals surface area contributed by atoms with Crippen molar-refractivity contribution in [1.82, 2.24) is 5.32 Å². The zero-order valence-electron chi connectivity index (χ0n) is 10.4. The van der Waals surface area contributed by atoms with Crippen molar-refractivity contribution in [2.24, 2.45) is 5.73 Å². The van der Waals surface area contributed by atoms with Gasteiger partial charge in [0.25, 0.3) is 0 Å². The Kier molecular flexibility index (Phi) is 3.99. The third-order valence-electron chi connectivity index (χ3n) is 3.58. The number of carbonyl (C=O) groups is 1. The van der Waals surface area contributed by atoms with E-state index in [1.165, 1.54) is 0 Å². The van der Waals surface area contributed by atoms with Crippen molar-refractivity contribution < 1.29 is 9.90 Å². The molecular weight excluding hydrogens is 228 g/mol. The number of aliphatic hydroxyl groups is 1. The van der Waals surface area contributed by atoms with Crippen LogP contribution in [-0.4, -0.2) is 23.2 Å². The van der Waals surface area contributed by atoms with E-state index in [1.54, 1.807) is 0 Å². The largest absolute Gasteiger partial charge is 0.394 e. The predicted molar refractivity (Wildman–Crippen MR) is 69.8 cm³/mol. The van der Waals surface area contributed by atoms with Gasteiger partial charge in [-0.05, 0) is 24.8 Å². The van der Waals surface area contributed by atoms with Gasteiger partial charge in [0.05, 0.1) is 12.6 Å². The molecule has 4 nitrogen and oxygen atoms in total. The van der Waals surface area contributed by atoms with E-state index < -0.39 is 0 Å². The molecule has 0 aliphatic heterocycles. The lowest BCUT2D eigenvalue weighted by molar-refractivity contribution is -0.124. The number of aliphatic hydroxyl groups excluding tert-OH is 1. The van der Waals surface area contributed by atoms with Crippen LogP contribution in [0.25, 0.3) is 0 Å². The molecule has 1 aromatic rings. The number of benzene rings is 1. The van der Waals surface area contributed by atoms with E-state index in [4.69, 9.17) is 5.73 Å². The van der Waals surface area contributed by atoms with Crippen molar-refractivity contribution in [1.29, 1.82) is 0 Å². The maximum atomic E-state index is 11.9. The monoisotopic (exact) mass is 248 g/mol. The minimum Gasteiger partial charge on any atom is -0.394 e. The van der Waals surface area contributed by atoms with Gasteiger partial charge in [0, 0.05) is 12.0 Å². The highest BCUT2D eigenvalue weighted by Gasteiger charge is 2.35. The van der Waals surface area contributed by atoms with Crippen LogP contribution in [0.3, 0.4) is 0 Å². The summed E-state index contributed by atoms with van der Waals surface area (Å²) in [5, 5.41) is 12.2. The van der Waals surface area contributed by atoms with Gasteiger partial charge in [0.1, 0.15) is 0 Å². The van der Waals surface area contributed by atoms with E-state index in [9.17, 15) is 9.90 Å². The molecule has 1 atom stereocenters. The van der Waals surface area contributed by atoms with E-state index in [0.717, 1.165) is 24.8 Å². The summed E-state index contributed by atoms with van der Waals surface area (Å²) in [7, 11) is 0. The summed E-state index contributed by atoms with van der Waals surface area (Å²) in [4.78, 5) is 11.9. The highest BCUT2D eigenvalue weighted by atomic mass is 16.3. The van der Waals surface area contributed by atoms with Crippen molar-refractivity contribution >= 4 is 5.91 Å². The van der Waals surface area contributed by atoms with Crippen LogP contribution in [0.2, 0.25) is 0 Å². The maximum Gasteiger partial charge on any atom is 0.222 e. The van der Waals surface area contributed by atoms with E-state index in [0.29, 0.717) is 6.42 Å². The van der Waals surface area contributed by atoms with Gasteiger partial charge >= 0.3 is 0 Å². The third kappa shape index (κ3) is 3.09. The topological polar surface area (TPSA) is 75.4 Å². The second-order valence-corrected chi connectivity index (χ2v) is 5.11. The first-order chi connectivity index (χ1) is 8.63. The molecule has 0 aromatic heterocycles. The van der Waals surface area contributed by atoms with Crippen LogP contribution in [0.15, 0.2) is 30.3 Å². The molecule has 0 bridgehead atoms. The predicted octanol–water partition coefficient (Wildman–Crippen LogP) is 1.11. The molecule has 0 heterocycles. The second-order valence-electron chi connectivity index (χ2n) is 5.11. The molecule has 2 rings (SSSR count). The summed E-state index contributed by atoms with van der Waals surface area (Å²) in [6.45, 7) is -0.104. The fraction of sp³-hybridized carbons (Fsp3) is 0.500. The Hall–Kier alpha value is -1.39. The smallest absolute Gasteiger partial charge is 0.222 e. The lowest BCUT2D eigenvalue weighted by atomic mass is 9.75. The van der Waals surface area contributed by atoms with Gasteiger partial charge in [-0.25, -0.2) is 0 Å². The summed E-state index contributed by atoms with van der Waals surface area (Å²) >= 11 is 0. The number of hydrogen-bond acceptors (Lipinski definition) is 3. The number of hydrogen-bond donors (Lipinski definition) is 3. The third-order valence-corrected chi connectivity index (χ3v) is 3.58. The summed E-state index contributed by atoms with van der Waals surface area (Å²) in [5.41, 5.74) is 6.63. The van der Waals surface area contributed by atoms with Crippen LogP contribution in [0.4, 0.5) is 0 Å². The van der Waals surface area contributed by atoms with Crippen molar-refractivity contribution in [3.8, 4) is 0 Å². The Morgan fingerprint density at radius 2 is 2.06 bits per heavy atom. The van der Waals surface area contributed by atoms with Gasteiger partial charge in [0.2, 0.25) is 5.91 Å². The molecule has 1 aromatic carbocycles. The van der Waals surface area contributed by atoms with Gasteiger partial charge in [0.15, 0.2) is 0 Å². The fourth-order valence-electron chi connectivity index (χ4n) is 2.29. The van der Waals surface area contributed by atoms with Gasteiger partial charge < -0.3 is 16.2 Å². The zero-order chi connectivity index (χ0) is 13.0. The minimum atomic E-state index is -0.345. The fourth-order valence-corrected chi connectivity index (χ4v) is 2.29. The molecule has 0 spiro atoms. The summed E-state index contributed by atoms with van der Waals surface area (Å²) in [5.74, 6) is -0.0832. The molecular formula is C14H20N2O2. The van der Waals surface area contributed by atoms with Crippen molar-refractivity contribution in [3.05, 3.63) is 35.9 Å². The van der Waals surface area contributed by atoms with E-state index >= 15 is 0 Å². The van der Waals surface area contributed by atoms with Crippen molar-refractivity contribution in [2.45, 2.75) is 37.3 Å². The first-order valence-corrected chi connectivity index (χ1v) is 6.37. The summed E-state index contributed by atoms with van der Waals surface area (Å²) < 4.78 is 0. The van der Waals surface area contributed by atoms with Crippen LogP contribution < -0.4 is 11.1 Å². The number of nitrogens with one attached hydrogen (secondary N) is 1. The van der Waals surface area contributed by atoms with E-state index in [1.807, 2.05) is 30.3 Å². The number of rotatable bonds is 5. The van der Waals surface area contributed by atoms with Crippen LogP contribution in [0.5, 0.6) is 0 Å². The van der Waals surface area contributed by atoms with Crippen molar-refractivity contribution in [3.63, 3.8) is 0 Å². The van der Waals surface area contributed by atoms with Crippen LogP contribution in [-0.2, 0) is 4.79 Å². The van der Waals surface area contributed by atoms with Crippen LogP contribution in [0.1, 0.15) is 37.3 Å². The molecule has 1 aliphatic rings. The Morgan fingerprint density at radius 3 is 2.56 bits per heavy atom. The lowest BCUT2D eigenvalue weighted by Crippen LogP contribution is -2.50. The Labute approximate surface area is 107 Å². The molecule has 0 unspecified atom stereocenters. The normalized spacial score (nSPS) is 18.8. The minimum absolute atomic E-state index is 0.0832. The Morgan fingerprint density at radius 1 is 1.39 bits per heavy atom. The summed E-state index contributed by atoms with van der Waals surface area (Å²) in [6.07, 6.45) is 3.27. The molecule has 1 aliphatic carbocycles. The van der Waals surface area contributed by atoms with Gasteiger partial charge in [-0.2, -0.15) is 0 Å². The van der Waals surface area contributed by atoms with E-state index in [2.05, 4.69) is 5.32 Å². The molecule has 1 saturated carbocycles. The van der Waals surface area contributed by atoms with Crippen LogP contribution >= 0.6 is 0 Å². The molecule has 18 heavy (non-hydrogen) atoms. The average molecular weight is 248 g/mol. The number of carbonyl (C=O) groups excluding carboxylic acids is 1. The van der Waals surface area contributed by atoms with Crippen LogP contribution in [0, 0.1) is 0 Å². The Balaban J connectivity index is 1.92. The molecule has 0 saturated heterocycles. The highest BCUT2D eigenvalue weighted by Crippen LogP contribution is 2.32. The van der Waals surface area contributed by atoms with Gasteiger partial charge in [-0.3, -0.25) is 4.79 Å². The first kappa shape index (κ1) is 13.1. The van der Waals surface area contributed by atoms with Crippen molar-refractivity contribution in [2.75, 3.05) is 6.61 Å². The van der Waals surface area contributed by atoms with E-state index in [-0.39, 0.29) is 24.1 Å². The molecule has 98 valence electrons.